The van der Waals surface area contributed by atoms with Crippen molar-refractivity contribution >= 4 is 17.7 Å². The Morgan fingerprint density at radius 3 is 2.92 bits per heavy atom. The number of furan rings is 1. The van der Waals surface area contributed by atoms with Crippen LogP contribution in [-0.2, 0) is 11.2 Å². The second-order valence-corrected chi connectivity index (χ2v) is 6.30. The molecule has 0 spiro atoms. The van der Waals surface area contributed by atoms with Crippen LogP contribution in [0.4, 0.5) is 0 Å². The van der Waals surface area contributed by atoms with Gasteiger partial charge in [0, 0.05) is 6.54 Å². The highest BCUT2D eigenvalue weighted by molar-refractivity contribution is 7.99. The molecule has 0 atom stereocenters. The Bertz CT molecular complexity index is 863. The molecule has 0 bridgehead atoms. The summed E-state index contributed by atoms with van der Waals surface area (Å²) in [6.45, 7) is 0.521. The molecule has 26 heavy (non-hydrogen) atoms. The number of carbonyl (C=O) groups is 1. The summed E-state index contributed by atoms with van der Waals surface area (Å²) in [4.78, 5) is 12.0. The Kier molecular flexibility index (Phi) is 5.80. The smallest absolute Gasteiger partial charge is 0.230 e. The molecule has 3 aromatic rings. The van der Waals surface area contributed by atoms with Crippen LogP contribution in [-0.4, -0.2) is 40.2 Å². The monoisotopic (exact) mass is 373 g/mol. The number of nitrogens with two attached hydrogens (primary N) is 1. The van der Waals surface area contributed by atoms with E-state index in [1.54, 1.807) is 19.2 Å². The Morgan fingerprint density at radius 1 is 1.31 bits per heavy atom. The highest BCUT2D eigenvalue weighted by atomic mass is 32.2. The first-order chi connectivity index (χ1) is 12.7. The van der Waals surface area contributed by atoms with Gasteiger partial charge in [-0.2, -0.15) is 0 Å². The van der Waals surface area contributed by atoms with Crippen LogP contribution in [0, 0.1) is 0 Å². The van der Waals surface area contributed by atoms with E-state index < -0.39 is 0 Å². The molecule has 0 unspecified atom stereocenters. The summed E-state index contributed by atoms with van der Waals surface area (Å²) >= 11 is 1.21. The van der Waals surface area contributed by atoms with E-state index in [9.17, 15) is 4.79 Å². The summed E-state index contributed by atoms with van der Waals surface area (Å²) in [5.41, 5.74) is 1.05. The van der Waals surface area contributed by atoms with Crippen LogP contribution in [0.25, 0.3) is 11.6 Å². The van der Waals surface area contributed by atoms with Crippen LogP contribution in [0.1, 0.15) is 5.56 Å². The molecule has 1 aromatic carbocycles. The third kappa shape index (κ3) is 4.17. The van der Waals surface area contributed by atoms with Crippen LogP contribution in [0.2, 0.25) is 0 Å². The summed E-state index contributed by atoms with van der Waals surface area (Å²) in [5.74, 6) is 7.79. The number of para-hydroxylation sites is 1. The Hall–Kier alpha value is -2.94. The zero-order valence-corrected chi connectivity index (χ0v) is 15.0. The molecule has 136 valence electrons. The van der Waals surface area contributed by atoms with Crippen molar-refractivity contribution in [3.8, 4) is 17.3 Å². The third-order valence-electron chi connectivity index (χ3n) is 3.65. The zero-order chi connectivity index (χ0) is 18.4. The number of thioether (sulfide) groups is 1. The summed E-state index contributed by atoms with van der Waals surface area (Å²) in [5, 5.41) is 11.3. The fraction of sp³-hybridized carbons (Fsp3) is 0.235. The SMILES string of the molecule is COc1ccccc1CCNC(=O)CSc1nnc(-c2ccco2)n1N. The van der Waals surface area contributed by atoms with Crippen molar-refractivity contribution in [2.45, 2.75) is 11.6 Å². The van der Waals surface area contributed by atoms with Crippen LogP contribution >= 0.6 is 11.8 Å². The van der Waals surface area contributed by atoms with Crippen LogP contribution in [0.3, 0.4) is 0 Å². The van der Waals surface area contributed by atoms with Gasteiger partial charge in [-0.05, 0) is 30.2 Å². The first-order valence-corrected chi connectivity index (χ1v) is 8.93. The average molecular weight is 373 g/mol. The lowest BCUT2D eigenvalue weighted by atomic mass is 10.1. The molecular weight excluding hydrogens is 354 g/mol. The normalized spacial score (nSPS) is 10.7. The quantitative estimate of drug-likeness (QED) is 0.457. The Labute approximate surface area is 154 Å². The van der Waals surface area contributed by atoms with E-state index in [1.165, 1.54) is 22.7 Å². The zero-order valence-electron chi connectivity index (χ0n) is 14.2. The van der Waals surface area contributed by atoms with E-state index in [4.69, 9.17) is 15.0 Å². The van der Waals surface area contributed by atoms with Gasteiger partial charge in [0.25, 0.3) is 0 Å². The molecule has 2 aromatic heterocycles. The third-order valence-corrected chi connectivity index (χ3v) is 4.59. The number of nitrogen functional groups attached to an aromatic ring is 1. The molecule has 1 amide bonds. The number of nitrogens with zero attached hydrogens (tertiary/aromatic N) is 3. The van der Waals surface area contributed by atoms with E-state index in [0.29, 0.717) is 29.7 Å². The average Bonchev–Trinajstić information content (AvgIpc) is 3.30. The van der Waals surface area contributed by atoms with Crippen LogP contribution < -0.4 is 15.9 Å². The van der Waals surface area contributed by atoms with E-state index in [-0.39, 0.29) is 11.7 Å². The largest absolute Gasteiger partial charge is 0.496 e. The molecule has 0 fully saturated rings. The van der Waals surface area contributed by atoms with E-state index in [0.717, 1.165) is 11.3 Å². The second-order valence-electron chi connectivity index (χ2n) is 5.35. The van der Waals surface area contributed by atoms with Crippen LogP contribution in [0.5, 0.6) is 5.75 Å². The lowest BCUT2D eigenvalue weighted by Gasteiger charge is -2.09. The molecule has 8 nitrogen and oxygen atoms in total. The fourth-order valence-corrected chi connectivity index (χ4v) is 3.06. The van der Waals surface area contributed by atoms with Gasteiger partial charge in [0.15, 0.2) is 5.76 Å². The minimum atomic E-state index is -0.104. The predicted octanol–water partition coefficient (Wildman–Crippen LogP) is 1.71. The number of methoxy groups -OCH3 is 1. The van der Waals surface area contributed by atoms with Gasteiger partial charge in [-0.25, -0.2) is 4.68 Å². The number of aromatic nitrogens is 3. The first-order valence-electron chi connectivity index (χ1n) is 7.95. The standard InChI is InChI=1S/C17H19N5O3S/c1-24-13-6-3-2-5-12(13)8-9-19-15(23)11-26-17-21-20-16(22(17)18)14-7-4-10-25-14/h2-7,10H,8-9,11,18H2,1H3,(H,19,23). The fourth-order valence-electron chi connectivity index (χ4n) is 2.38. The molecule has 0 radical (unpaired) electrons. The number of nitrogens with one attached hydrogen (secondary N) is 1. The van der Waals surface area contributed by atoms with Gasteiger partial charge in [-0.1, -0.05) is 30.0 Å². The lowest BCUT2D eigenvalue weighted by Crippen LogP contribution is -2.27. The van der Waals surface area contributed by atoms with Crippen molar-refractivity contribution in [2.75, 3.05) is 25.3 Å². The van der Waals surface area contributed by atoms with Crippen LogP contribution in [0.15, 0.2) is 52.2 Å². The van der Waals surface area contributed by atoms with Crippen molar-refractivity contribution < 1.29 is 13.9 Å². The van der Waals surface area contributed by atoms with Gasteiger partial charge in [0.2, 0.25) is 16.9 Å². The maximum absolute atomic E-state index is 12.0. The van der Waals surface area contributed by atoms with Crippen molar-refractivity contribution in [1.82, 2.24) is 20.2 Å². The van der Waals surface area contributed by atoms with Gasteiger partial charge >= 0.3 is 0 Å². The van der Waals surface area contributed by atoms with E-state index in [2.05, 4.69) is 15.5 Å². The maximum atomic E-state index is 12.0. The molecule has 0 saturated carbocycles. The minimum Gasteiger partial charge on any atom is -0.496 e. The van der Waals surface area contributed by atoms with Gasteiger partial charge in [0.05, 0.1) is 19.1 Å². The highest BCUT2D eigenvalue weighted by Gasteiger charge is 2.15. The van der Waals surface area contributed by atoms with Gasteiger partial charge < -0.3 is 20.3 Å². The highest BCUT2D eigenvalue weighted by Crippen LogP contribution is 2.21. The number of amides is 1. The number of hydrogen-bond acceptors (Lipinski definition) is 7. The molecule has 0 aliphatic carbocycles. The van der Waals surface area contributed by atoms with Crippen molar-refractivity contribution in [2.24, 2.45) is 0 Å². The number of carbonyl (C=O) groups excluding carboxylic acids is 1. The molecule has 3 N–H and O–H groups in total. The topological polar surface area (TPSA) is 108 Å². The molecule has 0 saturated heterocycles. The van der Waals surface area contributed by atoms with Crippen molar-refractivity contribution in [3.05, 3.63) is 48.2 Å². The lowest BCUT2D eigenvalue weighted by molar-refractivity contribution is -0.118. The van der Waals surface area contributed by atoms with Gasteiger partial charge in [0.1, 0.15) is 5.75 Å². The molecular formula is C17H19N5O3S. The van der Waals surface area contributed by atoms with Gasteiger partial charge in [-0.3, -0.25) is 4.79 Å². The maximum Gasteiger partial charge on any atom is 0.230 e. The number of rotatable bonds is 8. The summed E-state index contributed by atoms with van der Waals surface area (Å²) in [6.07, 6.45) is 2.22. The minimum absolute atomic E-state index is 0.104. The first kappa shape index (κ1) is 17.9. The summed E-state index contributed by atoms with van der Waals surface area (Å²) in [6, 6.07) is 11.2. The van der Waals surface area contributed by atoms with Gasteiger partial charge in [-0.15, -0.1) is 10.2 Å². The Balaban J connectivity index is 1.47. The molecule has 0 aliphatic heterocycles. The second kappa shape index (κ2) is 8.43. The molecule has 0 aliphatic rings. The summed E-state index contributed by atoms with van der Waals surface area (Å²) < 4.78 is 11.9. The number of ether oxygens (including phenoxy) is 1. The molecule has 3 rings (SSSR count). The van der Waals surface area contributed by atoms with Crippen molar-refractivity contribution in [3.63, 3.8) is 0 Å². The molecule has 2 heterocycles. The Morgan fingerprint density at radius 2 is 2.15 bits per heavy atom. The van der Waals surface area contributed by atoms with E-state index in [1.807, 2.05) is 24.3 Å². The van der Waals surface area contributed by atoms with Crippen molar-refractivity contribution in [1.29, 1.82) is 0 Å². The number of benzene rings is 1. The van der Waals surface area contributed by atoms with E-state index >= 15 is 0 Å². The summed E-state index contributed by atoms with van der Waals surface area (Å²) in [7, 11) is 1.63. The predicted molar refractivity (Wildman–Crippen MR) is 98.3 cm³/mol. The molecule has 9 heteroatoms. The number of hydrogen-bond donors (Lipinski definition) is 2.